The molecule has 0 unspecified atom stereocenters. The van der Waals surface area contributed by atoms with Gasteiger partial charge in [-0.3, -0.25) is 0 Å². The van der Waals surface area contributed by atoms with Crippen LogP contribution in [0.25, 0.3) is 0 Å². The van der Waals surface area contributed by atoms with Crippen molar-refractivity contribution < 1.29 is 9.47 Å². The maximum absolute atomic E-state index is 6.03. The summed E-state index contributed by atoms with van der Waals surface area (Å²) < 4.78 is 13.8. The number of hydrogen-bond acceptors (Lipinski definition) is 5. The Morgan fingerprint density at radius 3 is 3.21 bits per heavy atom. The zero-order valence-corrected chi connectivity index (χ0v) is 14.3. The van der Waals surface area contributed by atoms with Gasteiger partial charge in [-0.05, 0) is 32.4 Å². The molecule has 2 aromatic rings. The Bertz CT molecular complexity index is 728. The molecule has 2 aliphatic rings. The molecule has 1 aromatic carbocycles. The molecule has 0 aliphatic carbocycles. The summed E-state index contributed by atoms with van der Waals surface area (Å²) in [5.41, 5.74) is 2.44. The summed E-state index contributed by atoms with van der Waals surface area (Å²) >= 11 is 0. The van der Waals surface area contributed by atoms with Crippen LogP contribution in [0.2, 0.25) is 0 Å². The van der Waals surface area contributed by atoms with Crippen molar-refractivity contribution in [2.75, 3.05) is 6.61 Å². The first kappa shape index (κ1) is 15.4. The van der Waals surface area contributed by atoms with Gasteiger partial charge in [-0.25, -0.2) is 9.67 Å². The number of rotatable bonds is 5. The SMILES string of the molecule is CCOc1cc(CN[C@H]2CCc3ncnn3C2)c2c(c1)C[C@@H](C)O2. The van der Waals surface area contributed by atoms with Crippen LogP contribution in [0, 0.1) is 0 Å². The number of nitrogens with one attached hydrogen (secondary N) is 1. The number of hydrogen-bond donors (Lipinski definition) is 1. The van der Waals surface area contributed by atoms with Gasteiger partial charge in [-0.2, -0.15) is 5.10 Å². The monoisotopic (exact) mass is 328 g/mol. The fraction of sp³-hybridized carbons (Fsp3) is 0.556. The van der Waals surface area contributed by atoms with Crippen molar-refractivity contribution in [2.24, 2.45) is 0 Å². The van der Waals surface area contributed by atoms with Crippen LogP contribution in [-0.2, 0) is 25.9 Å². The van der Waals surface area contributed by atoms with E-state index in [9.17, 15) is 0 Å². The van der Waals surface area contributed by atoms with E-state index in [4.69, 9.17) is 9.47 Å². The molecule has 24 heavy (non-hydrogen) atoms. The minimum absolute atomic E-state index is 0.239. The molecule has 0 spiro atoms. The lowest BCUT2D eigenvalue weighted by atomic mass is 10.0. The summed E-state index contributed by atoms with van der Waals surface area (Å²) in [5, 5.41) is 7.95. The fourth-order valence-corrected chi connectivity index (χ4v) is 3.62. The first-order chi connectivity index (χ1) is 11.7. The topological polar surface area (TPSA) is 61.2 Å². The van der Waals surface area contributed by atoms with E-state index in [1.807, 2.05) is 11.6 Å². The molecule has 0 radical (unpaired) electrons. The maximum Gasteiger partial charge on any atom is 0.138 e. The average Bonchev–Trinajstić information content (AvgIpc) is 3.17. The average molecular weight is 328 g/mol. The van der Waals surface area contributed by atoms with Gasteiger partial charge >= 0.3 is 0 Å². The lowest BCUT2D eigenvalue weighted by Gasteiger charge is -2.24. The van der Waals surface area contributed by atoms with Crippen molar-refractivity contribution in [3.8, 4) is 11.5 Å². The Labute approximate surface area is 142 Å². The fourth-order valence-electron chi connectivity index (χ4n) is 3.62. The van der Waals surface area contributed by atoms with Crippen molar-refractivity contribution in [1.29, 1.82) is 0 Å². The van der Waals surface area contributed by atoms with Crippen molar-refractivity contribution in [2.45, 2.75) is 58.3 Å². The highest BCUT2D eigenvalue weighted by atomic mass is 16.5. The second-order valence-electron chi connectivity index (χ2n) is 6.61. The molecule has 0 saturated carbocycles. The van der Waals surface area contributed by atoms with E-state index in [2.05, 4.69) is 34.5 Å². The van der Waals surface area contributed by atoms with Crippen LogP contribution in [0.3, 0.4) is 0 Å². The van der Waals surface area contributed by atoms with Gasteiger partial charge in [0.05, 0.1) is 13.2 Å². The van der Waals surface area contributed by atoms with Gasteiger partial charge in [0.25, 0.3) is 0 Å². The van der Waals surface area contributed by atoms with Crippen LogP contribution in [0.15, 0.2) is 18.5 Å². The van der Waals surface area contributed by atoms with Crippen molar-refractivity contribution in [1.82, 2.24) is 20.1 Å². The highest BCUT2D eigenvalue weighted by Gasteiger charge is 2.25. The summed E-state index contributed by atoms with van der Waals surface area (Å²) in [6.45, 7) is 6.47. The first-order valence-electron chi connectivity index (χ1n) is 8.78. The van der Waals surface area contributed by atoms with Crippen LogP contribution in [0.5, 0.6) is 11.5 Å². The standard InChI is InChI=1S/C18H24N4O2/c1-3-23-16-7-13-6-12(2)24-18(13)14(8-16)9-19-15-4-5-17-20-11-21-22(17)10-15/h7-8,11-12,15,19H,3-6,9-10H2,1-2H3/t12-,15+/m1/s1. The molecule has 128 valence electrons. The third-order valence-corrected chi connectivity index (χ3v) is 4.74. The van der Waals surface area contributed by atoms with E-state index in [1.165, 1.54) is 11.1 Å². The summed E-state index contributed by atoms with van der Waals surface area (Å²) in [4.78, 5) is 4.28. The van der Waals surface area contributed by atoms with Gasteiger partial charge < -0.3 is 14.8 Å². The van der Waals surface area contributed by atoms with E-state index in [0.29, 0.717) is 12.6 Å². The number of aromatic nitrogens is 3. The third kappa shape index (κ3) is 2.98. The largest absolute Gasteiger partial charge is 0.494 e. The smallest absolute Gasteiger partial charge is 0.138 e. The number of benzene rings is 1. The number of nitrogens with zero attached hydrogens (tertiary/aromatic N) is 3. The van der Waals surface area contributed by atoms with Gasteiger partial charge in [0.1, 0.15) is 29.8 Å². The molecular formula is C18H24N4O2. The van der Waals surface area contributed by atoms with Crippen LogP contribution in [-0.4, -0.2) is 33.5 Å². The Kier molecular flexibility index (Phi) is 4.14. The molecule has 6 heteroatoms. The molecule has 6 nitrogen and oxygen atoms in total. The van der Waals surface area contributed by atoms with Crippen LogP contribution in [0.4, 0.5) is 0 Å². The second-order valence-corrected chi connectivity index (χ2v) is 6.61. The van der Waals surface area contributed by atoms with Crippen molar-refractivity contribution >= 4 is 0 Å². The Hall–Kier alpha value is -2.08. The predicted octanol–water partition coefficient (Wildman–Crippen LogP) is 2.10. The quantitative estimate of drug-likeness (QED) is 0.911. The molecule has 0 bridgehead atoms. The van der Waals surface area contributed by atoms with Gasteiger partial charge in [0.2, 0.25) is 0 Å². The van der Waals surface area contributed by atoms with E-state index < -0.39 is 0 Å². The lowest BCUT2D eigenvalue weighted by Crippen LogP contribution is -2.37. The molecular weight excluding hydrogens is 304 g/mol. The summed E-state index contributed by atoms with van der Waals surface area (Å²) in [7, 11) is 0. The summed E-state index contributed by atoms with van der Waals surface area (Å²) in [6, 6.07) is 4.63. The molecule has 1 aromatic heterocycles. The normalized spacial score (nSPS) is 21.9. The predicted molar refractivity (Wildman–Crippen MR) is 90.4 cm³/mol. The molecule has 0 saturated heterocycles. The second kappa shape index (κ2) is 6.43. The van der Waals surface area contributed by atoms with Crippen LogP contribution < -0.4 is 14.8 Å². The highest BCUT2D eigenvalue weighted by molar-refractivity contribution is 5.49. The Morgan fingerprint density at radius 1 is 1.42 bits per heavy atom. The first-order valence-corrected chi connectivity index (χ1v) is 8.78. The highest BCUT2D eigenvalue weighted by Crippen LogP contribution is 2.36. The minimum atomic E-state index is 0.239. The molecule has 0 fully saturated rings. The summed E-state index contributed by atoms with van der Waals surface area (Å²) in [5.74, 6) is 3.06. The van der Waals surface area contributed by atoms with Crippen molar-refractivity contribution in [3.05, 3.63) is 35.4 Å². The van der Waals surface area contributed by atoms with E-state index in [0.717, 1.165) is 49.7 Å². The van der Waals surface area contributed by atoms with Gasteiger partial charge in [0.15, 0.2) is 0 Å². The Balaban J connectivity index is 1.48. The van der Waals surface area contributed by atoms with Gasteiger partial charge in [-0.1, -0.05) is 0 Å². The molecule has 2 aliphatic heterocycles. The van der Waals surface area contributed by atoms with Crippen LogP contribution >= 0.6 is 0 Å². The van der Waals surface area contributed by atoms with Gasteiger partial charge in [-0.15, -0.1) is 0 Å². The molecule has 2 atom stereocenters. The molecule has 4 rings (SSSR count). The molecule has 0 amide bonds. The molecule has 1 N–H and O–H groups in total. The number of ether oxygens (including phenoxy) is 2. The van der Waals surface area contributed by atoms with Crippen molar-refractivity contribution in [3.63, 3.8) is 0 Å². The van der Waals surface area contributed by atoms with Gasteiger partial charge in [0, 0.05) is 36.6 Å². The zero-order chi connectivity index (χ0) is 16.5. The number of fused-ring (bicyclic) bond motifs is 2. The van der Waals surface area contributed by atoms with E-state index >= 15 is 0 Å². The van der Waals surface area contributed by atoms with E-state index in [-0.39, 0.29) is 6.10 Å². The third-order valence-electron chi connectivity index (χ3n) is 4.74. The van der Waals surface area contributed by atoms with Crippen LogP contribution in [0.1, 0.15) is 37.2 Å². The zero-order valence-electron chi connectivity index (χ0n) is 14.3. The Morgan fingerprint density at radius 2 is 2.33 bits per heavy atom. The summed E-state index contributed by atoms with van der Waals surface area (Å²) in [6.07, 6.45) is 4.90. The minimum Gasteiger partial charge on any atom is -0.494 e. The number of aryl methyl sites for hydroxylation is 1. The maximum atomic E-state index is 6.03. The van der Waals surface area contributed by atoms with E-state index in [1.54, 1.807) is 6.33 Å². The lowest BCUT2D eigenvalue weighted by molar-refractivity contribution is 0.251. The molecule has 3 heterocycles.